The van der Waals surface area contributed by atoms with E-state index in [0.717, 1.165) is 16.7 Å². The number of carbonyl (C=O) groups excluding carboxylic acids is 1. The van der Waals surface area contributed by atoms with E-state index in [9.17, 15) is 14.7 Å². The first-order chi connectivity index (χ1) is 14.0. The molecule has 1 atom stereocenters. The summed E-state index contributed by atoms with van der Waals surface area (Å²) < 4.78 is 5.32. The third-order valence-corrected chi connectivity index (χ3v) is 5.66. The summed E-state index contributed by atoms with van der Waals surface area (Å²) in [5.74, 6) is -0.860. The molecule has 5 heteroatoms. The Kier molecular flexibility index (Phi) is 5.05. The van der Waals surface area contributed by atoms with E-state index in [0.29, 0.717) is 53.2 Å². The third-order valence-electron chi connectivity index (χ3n) is 5.44. The molecule has 4 rings (SSSR count). The minimum absolute atomic E-state index is 0.205. The van der Waals surface area contributed by atoms with Crippen molar-refractivity contribution in [2.75, 3.05) is 7.11 Å². The van der Waals surface area contributed by atoms with Crippen molar-refractivity contribution in [2.45, 2.75) is 25.7 Å². The zero-order chi connectivity index (χ0) is 20.5. The lowest BCUT2D eigenvalue weighted by atomic mass is 9.78. The maximum Gasteiger partial charge on any atom is 0.306 e. The number of hydrogen-bond donors (Lipinski definition) is 1. The monoisotopic (exact) mass is 404 g/mol. The molecule has 4 nitrogen and oxygen atoms in total. The van der Waals surface area contributed by atoms with Gasteiger partial charge in [-0.3, -0.25) is 9.59 Å². The lowest BCUT2D eigenvalue weighted by molar-refractivity contribution is -0.142. The van der Waals surface area contributed by atoms with Gasteiger partial charge in [-0.2, -0.15) is 0 Å². The van der Waals surface area contributed by atoms with Crippen LogP contribution in [0.2, 0.25) is 5.02 Å². The summed E-state index contributed by atoms with van der Waals surface area (Å²) in [4.78, 5) is 24.7. The highest BCUT2D eigenvalue weighted by atomic mass is 35.5. The normalized spacial score (nSPS) is 20.1. The van der Waals surface area contributed by atoms with Gasteiger partial charge in [0.05, 0.1) is 23.6 Å². The zero-order valence-corrected chi connectivity index (χ0v) is 16.5. The highest BCUT2D eigenvalue weighted by Crippen LogP contribution is 2.43. The maximum atomic E-state index is 13.2. The molecule has 1 aromatic rings. The molecule has 1 unspecified atom stereocenters. The van der Waals surface area contributed by atoms with Crippen LogP contribution in [0.4, 0.5) is 0 Å². The fraction of sp³-hybridized carbons (Fsp3) is 0.250. The number of hydrogen-bond acceptors (Lipinski definition) is 3. The molecule has 0 amide bonds. The summed E-state index contributed by atoms with van der Waals surface area (Å²) in [6.45, 7) is 0. The Balaban J connectivity index is 1.81. The van der Waals surface area contributed by atoms with Gasteiger partial charge in [0, 0.05) is 11.1 Å². The number of ether oxygens (including phenoxy) is 1. The smallest absolute Gasteiger partial charge is 0.306 e. The molecular formula is C24H17ClO4. The molecule has 3 aliphatic rings. The molecule has 0 fully saturated rings. The maximum absolute atomic E-state index is 13.2. The van der Waals surface area contributed by atoms with Crippen LogP contribution in [-0.2, 0) is 9.53 Å². The van der Waals surface area contributed by atoms with Crippen molar-refractivity contribution in [3.8, 4) is 0 Å². The Morgan fingerprint density at radius 3 is 2.76 bits per heavy atom. The summed E-state index contributed by atoms with van der Waals surface area (Å²) >= 11 is 5.87. The van der Waals surface area contributed by atoms with Gasteiger partial charge in [-0.05, 0) is 66.8 Å². The van der Waals surface area contributed by atoms with Crippen LogP contribution in [0, 0.1) is 18.1 Å². The molecule has 3 aliphatic carbocycles. The second-order valence-corrected chi connectivity index (χ2v) is 7.51. The van der Waals surface area contributed by atoms with Crippen LogP contribution in [0.25, 0.3) is 0 Å². The molecule has 0 aromatic heterocycles. The summed E-state index contributed by atoms with van der Waals surface area (Å²) in [5.41, 5.74) is 10.5. The fourth-order valence-corrected chi connectivity index (χ4v) is 4.04. The lowest BCUT2D eigenvalue weighted by Crippen LogP contribution is -2.19. The van der Waals surface area contributed by atoms with Gasteiger partial charge in [0.15, 0.2) is 5.76 Å². The number of rotatable bonds is 4. The van der Waals surface area contributed by atoms with Gasteiger partial charge in [-0.1, -0.05) is 35.0 Å². The van der Waals surface area contributed by atoms with Crippen LogP contribution in [0.3, 0.4) is 0 Å². The summed E-state index contributed by atoms with van der Waals surface area (Å²) in [7, 11) is 1.56. The number of carboxylic acids is 1. The van der Waals surface area contributed by atoms with Gasteiger partial charge in [0.25, 0.3) is 0 Å². The first-order valence-corrected chi connectivity index (χ1v) is 9.66. The molecule has 29 heavy (non-hydrogen) atoms. The van der Waals surface area contributed by atoms with E-state index in [4.69, 9.17) is 16.3 Å². The Labute approximate surface area is 173 Å². The molecule has 1 N–H and O–H groups in total. The predicted octanol–water partition coefficient (Wildman–Crippen LogP) is 4.79. The molecule has 0 spiro atoms. The summed E-state index contributed by atoms with van der Waals surface area (Å²) in [5, 5.41) is 9.83. The molecule has 0 saturated carbocycles. The number of halogens is 1. The van der Waals surface area contributed by atoms with Gasteiger partial charge in [0.1, 0.15) is 0 Å². The van der Waals surface area contributed by atoms with E-state index < -0.39 is 11.9 Å². The first-order valence-electron chi connectivity index (χ1n) is 9.28. The largest absolute Gasteiger partial charge is 0.489 e. The highest BCUT2D eigenvalue weighted by Gasteiger charge is 2.32. The van der Waals surface area contributed by atoms with Crippen molar-refractivity contribution in [3.63, 3.8) is 0 Å². The van der Waals surface area contributed by atoms with E-state index in [1.807, 2.05) is 12.2 Å². The lowest BCUT2D eigenvalue weighted by Gasteiger charge is -2.25. The second kappa shape index (κ2) is 7.66. The van der Waals surface area contributed by atoms with Gasteiger partial charge in [-0.25, -0.2) is 0 Å². The van der Waals surface area contributed by atoms with Crippen molar-refractivity contribution in [1.29, 1.82) is 0 Å². The van der Waals surface area contributed by atoms with Crippen LogP contribution >= 0.6 is 11.6 Å². The molecule has 0 bridgehead atoms. The number of ketones is 1. The van der Waals surface area contributed by atoms with Gasteiger partial charge in [0.2, 0.25) is 5.78 Å². The van der Waals surface area contributed by atoms with Crippen LogP contribution in [-0.4, -0.2) is 24.0 Å². The van der Waals surface area contributed by atoms with Crippen LogP contribution in [0.5, 0.6) is 0 Å². The van der Waals surface area contributed by atoms with Crippen LogP contribution < -0.4 is 0 Å². The Morgan fingerprint density at radius 1 is 1.24 bits per heavy atom. The minimum Gasteiger partial charge on any atom is -0.489 e. The number of allylic oxidation sites excluding steroid dienone is 7. The zero-order valence-electron chi connectivity index (χ0n) is 15.8. The molecular weight excluding hydrogens is 388 g/mol. The quantitative estimate of drug-likeness (QED) is 0.579. The summed E-state index contributed by atoms with van der Waals surface area (Å²) in [6, 6.07) is 8.75. The Morgan fingerprint density at radius 2 is 2.07 bits per heavy atom. The van der Waals surface area contributed by atoms with E-state index in [1.165, 1.54) is 0 Å². The standard InChI is InChI=1S/C24H17ClO4/c1-29-18-8-11-20-21(23(26)14-2-6-17(25)7-3-14)10-4-15-12-16(24(27)28)5-9-19(15)22(20)13-18/h2,6,10,13,16H,4-5,9,12H2,1H3,(H,27,28). The molecule has 0 saturated heterocycles. The first kappa shape index (κ1) is 19.1. The number of fused-ring (bicyclic) bond motifs is 2. The molecule has 144 valence electrons. The Bertz CT molecular complexity index is 1100. The highest BCUT2D eigenvalue weighted by molar-refractivity contribution is 6.30. The van der Waals surface area contributed by atoms with Crippen molar-refractivity contribution in [2.24, 2.45) is 5.92 Å². The van der Waals surface area contributed by atoms with Gasteiger partial charge < -0.3 is 9.84 Å². The third kappa shape index (κ3) is 3.60. The van der Waals surface area contributed by atoms with Crippen molar-refractivity contribution in [3.05, 3.63) is 92.1 Å². The number of Topliss-reactive ketones (excluding diaryl/α,β-unsaturated/α-hetero) is 1. The van der Waals surface area contributed by atoms with E-state index in [1.54, 1.807) is 19.2 Å². The van der Waals surface area contributed by atoms with Crippen molar-refractivity contribution >= 4 is 23.4 Å². The fourth-order valence-electron chi connectivity index (χ4n) is 3.93. The van der Waals surface area contributed by atoms with E-state index in [-0.39, 0.29) is 5.78 Å². The second-order valence-electron chi connectivity index (χ2n) is 7.11. The van der Waals surface area contributed by atoms with Crippen LogP contribution in [0.15, 0.2) is 69.4 Å². The van der Waals surface area contributed by atoms with Gasteiger partial charge >= 0.3 is 5.97 Å². The molecule has 0 radical (unpaired) electrons. The number of carbonyl (C=O) groups is 2. The minimum atomic E-state index is -0.780. The molecule has 0 heterocycles. The van der Waals surface area contributed by atoms with Gasteiger partial charge in [-0.15, -0.1) is 0 Å². The summed E-state index contributed by atoms with van der Waals surface area (Å²) in [6.07, 6.45) is 5.90. The van der Waals surface area contributed by atoms with E-state index in [2.05, 4.69) is 23.6 Å². The van der Waals surface area contributed by atoms with Crippen molar-refractivity contribution in [1.82, 2.24) is 0 Å². The average molecular weight is 405 g/mol. The number of carboxylic acid groups (broad SMARTS) is 1. The number of aliphatic carboxylic acids is 1. The van der Waals surface area contributed by atoms with E-state index >= 15 is 0 Å². The number of methoxy groups -OCH3 is 1. The molecule has 0 aliphatic heterocycles. The van der Waals surface area contributed by atoms with Crippen molar-refractivity contribution < 1.29 is 19.4 Å². The SMILES string of the molecule is COC1=C=C=C2C(C(=O)c3c#cc(Cl)cc3)=CCC3=C(CCC(C(=O)O)C3)C2=C1. The molecule has 1 aromatic carbocycles. The Hall–Kier alpha value is -3.21. The predicted molar refractivity (Wildman–Crippen MR) is 107 cm³/mol. The topological polar surface area (TPSA) is 63.6 Å². The van der Waals surface area contributed by atoms with Crippen LogP contribution in [0.1, 0.15) is 36.0 Å². The average Bonchev–Trinajstić information content (AvgIpc) is 2.89.